The average molecular weight is 417 g/mol. The molecule has 3 aromatic rings. The minimum absolute atomic E-state index is 0.0396. The quantitative estimate of drug-likeness (QED) is 0.642. The van der Waals surface area contributed by atoms with Crippen molar-refractivity contribution in [1.29, 1.82) is 0 Å². The van der Waals surface area contributed by atoms with Crippen LogP contribution in [0.15, 0.2) is 47.3 Å². The first kappa shape index (κ1) is 17.9. The largest absolute Gasteiger partial charge is 0.364 e. The summed E-state index contributed by atoms with van der Waals surface area (Å²) in [5, 5.41) is 11.0. The number of rotatable bonds is 6. The molecule has 3 N–H and O–H groups in total. The van der Waals surface area contributed by atoms with Crippen molar-refractivity contribution in [3.8, 4) is 0 Å². The van der Waals surface area contributed by atoms with Gasteiger partial charge in [0.2, 0.25) is 0 Å². The topological polar surface area (TPSA) is 108 Å². The highest BCUT2D eigenvalue weighted by Gasteiger charge is 2.17. The zero-order valence-corrected chi connectivity index (χ0v) is 15.6. The fourth-order valence-electron chi connectivity index (χ4n) is 2.47. The van der Waals surface area contributed by atoms with Crippen molar-refractivity contribution in [2.24, 2.45) is 5.73 Å². The molecule has 0 fully saturated rings. The highest BCUT2D eigenvalue weighted by Crippen LogP contribution is 2.16. The van der Waals surface area contributed by atoms with E-state index in [9.17, 15) is 9.59 Å². The van der Waals surface area contributed by atoms with Gasteiger partial charge >= 0.3 is 0 Å². The third kappa shape index (κ3) is 3.99. The Labute approximate surface area is 158 Å². The van der Waals surface area contributed by atoms with Gasteiger partial charge in [0.15, 0.2) is 5.69 Å². The molecule has 0 saturated carbocycles. The molecular formula is C17H17BrN6O2. The Morgan fingerprint density at radius 1 is 1.27 bits per heavy atom. The van der Waals surface area contributed by atoms with Crippen LogP contribution < -0.4 is 11.1 Å². The number of carbonyl (C=O) groups is 2. The van der Waals surface area contributed by atoms with Crippen LogP contribution in [0.3, 0.4) is 0 Å². The lowest BCUT2D eigenvalue weighted by Crippen LogP contribution is -2.18. The van der Waals surface area contributed by atoms with E-state index in [-0.39, 0.29) is 11.6 Å². The number of halogens is 1. The molecule has 2 amide bonds. The molecule has 8 nitrogen and oxygen atoms in total. The van der Waals surface area contributed by atoms with E-state index in [1.165, 1.54) is 0 Å². The lowest BCUT2D eigenvalue weighted by Gasteiger charge is -2.07. The lowest BCUT2D eigenvalue weighted by molar-refractivity contribution is 0.0995. The van der Waals surface area contributed by atoms with Crippen molar-refractivity contribution in [3.63, 3.8) is 0 Å². The van der Waals surface area contributed by atoms with Crippen LogP contribution in [0.5, 0.6) is 0 Å². The van der Waals surface area contributed by atoms with E-state index in [0.29, 0.717) is 24.3 Å². The van der Waals surface area contributed by atoms with Crippen molar-refractivity contribution < 1.29 is 9.59 Å². The van der Waals surface area contributed by atoms with Crippen molar-refractivity contribution in [1.82, 2.24) is 19.6 Å². The molecule has 1 aromatic carbocycles. The second kappa shape index (κ2) is 7.52. The second-order valence-electron chi connectivity index (χ2n) is 5.62. The number of carbonyl (C=O) groups excluding carboxylic acids is 2. The van der Waals surface area contributed by atoms with E-state index in [2.05, 4.69) is 31.4 Å². The molecule has 3 rings (SSSR count). The Hall–Kier alpha value is -2.94. The molecule has 2 heterocycles. The van der Waals surface area contributed by atoms with Gasteiger partial charge in [0.25, 0.3) is 11.8 Å². The zero-order chi connectivity index (χ0) is 18.7. The van der Waals surface area contributed by atoms with Gasteiger partial charge < -0.3 is 11.1 Å². The molecule has 0 unspecified atom stereocenters. The number of anilines is 1. The molecule has 0 atom stereocenters. The molecule has 0 aliphatic rings. The molecule has 0 aliphatic heterocycles. The van der Waals surface area contributed by atoms with E-state index in [0.717, 1.165) is 10.0 Å². The standard InChI is InChI=1S/C17H17BrN6O2/c1-2-23-10-14(15(22-23)16(19)25)21-17(26)12-5-3-4-11(6-12)8-24-9-13(18)7-20-24/h3-7,9-10H,2,8H2,1H3,(H2,19,25)(H,21,26). The third-order valence-electron chi connectivity index (χ3n) is 3.70. The maximum atomic E-state index is 12.6. The van der Waals surface area contributed by atoms with Crippen molar-refractivity contribution in [2.75, 3.05) is 5.32 Å². The Kier molecular flexibility index (Phi) is 5.17. The first-order valence-corrected chi connectivity index (χ1v) is 8.71. The lowest BCUT2D eigenvalue weighted by atomic mass is 10.1. The third-order valence-corrected chi connectivity index (χ3v) is 4.11. The van der Waals surface area contributed by atoms with Crippen LogP contribution in [-0.2, 0) is 13.1 Å². The minimum atomic E-state index is -0.689. The fraction of sp³-hybridized carbons (Fsp3) is 0.176. The van der Waals surface area contributed by atoms with Crippen LogP contribution in [0.2, 0.25) is 0 Å². The van der Waals surface area contributed by atoms with Crippen LogP contribution in [0, 0.1) is 0 Å². The highest BCUT2D eigenvalue weighted by molar-refractivity contribution is 9.10. The Bertz CT molecular complexity index is 962. The summed E-state index contributed by atoms with van der Waals surface area (Å²) in [6.07, 6.45) is 5.14. The van der Waals surface area contributed by atoms with E-state index < -0.39 is 5.91 Å². The number of nitrogens with one attached hydrogen (secondary N) is 1. The van der Waals surface area contributed by atoms with Crippen molar-refractivity contribution in [3.05, 3.63) is 64.1 Å². The number of primary amides is 1. The normalized spacial score (nSPS) is 10.7. The van der Waals surface area contributed by atoms with Crippen LogP contribution in [-0.4, -0.2) is 31.4 Å². The van der Waals surface area contributed by atoms with Crippen molar-refractivity contribution in [2.45, 2.75) is 20.0 Å². The number of aromatic nitrogens is 4. The van der Waals surface area contributed by atoms with E-state index in [4.69, 9.17) is 5.73 Å². The monoisotopic (exact) mass is 416 g/mol. The van der Waals surface area contributed by atoms with Crippen molar-refractivity contribution >= 4 is 33.4 Å². The SMILES string of the molecule is CCn1cc(NC(=O)c2cccc(Cn3cc(Br)cn3)c2)c(C(N)=O)n1. The van der Waals surface area contributed by atoms with E-state index in [1.807, 2.05) is 19.2 Å². The Balaban J connectivity index is 1.79. The van der Waals surface area contributed by atoms with Crippen LogP contribution in [0.4, 0.5) is 5.69 Å². The summed E-state index contributed by atoms with van der Waals surface area (Å²) in [5.74, 6) is -1.03. The number of amides is 2. The molecule has 9 heteroatoms. The van der Waals surface area contributed by atoms with Crippen LogP contribution in [0.25, 0.3) is 0 Å². The fourth-order valence-corrected chi connectivity index (χ4v) is 2.80. The van der Waals surface area contributed by atoms with Gasteiger partial charge in [-0.1, -0.05) is 12.1 Å². The van der Waals surface area contributed by atoms with Crippen LogP contribution in [0.1, 0.15) is 33.3 Å². The predicted octanol–water partition coefficient (Wildman–Crippen LogP) is 2.26. The highest BCUT2D eigenvalue weighted by atomic mass is 79.9. The predicted molar refractivity (Wildman–Crippen MR) is 99.8 cm³/mol. The first-order valence-electron chi connectivity index (χ1n) is 7.91. The number of hydrogen-bond acceptors (Lipinski definition) is 4. The molecule has 2 aromatic heterocycles. The summed E-state index contributed by atoms with van der Waals surface area (Å²) in [7, 11) is 0. The maximum absolute atomic E-state index is 12.6. The number of hydrogen-bond donors (Lipinski definition) is 2. The summed E-state index contributed by atoms with van der Waals surface area (Å²) in [4.78, 5) is 24.1. The van der Waals surface area contributed by atoms with E-state index >= 15 is 0 Å². The van der Waals surface area contributed by atoms with E-state index in [1.54, 1.807) is 40.0 Å². The average Bonchev–Trinajstić information content (AvgIpc) is 3.21. The molecule has 134 valence electrons. The molecule has 26 heavy (non-hydrogen) atoms. The molecule has 0 spiro atoms. The molecule has 0 saturated heterocycles. The van der Waals surface area contributed by atoms with Gasteiger partial charge in [0.05, 0.1) is 22.9 Å². The van der Waals surface area contributed by atoms with Gasteiger partial charge in [-0.05, 0) is 40.5 Å². The zero-order valence-electron chi connectivity index (χ0n) is 14.0. The maximum Gasteiger partial charge on any atom is 0.271 e. The van der Waals surface area contributed by atoms with Gasteiger partial charge in [0.1, 0.15) is 0 Å². The molecule has 0 bridgehead atoms. The van der Waals surface area contributed by atoms with Gasteiger partial charge in [0, 0.05) is 24.5 Å². The van der Waals surface area contributed by atoms with Gasteiger partial charge in [-0.2, -0.15) is 10.2 Å². The van der Waals surface area contributed by atoms with Crippen LogP contribution >= 0.6 is 15.9 Å². The molecular weight excluding hydrogens is 400 g/mol. The molecule has 0 radical (unpaired) electrons. The number of benzene rings is 1. The van der Waals surface area contributed by atoms with Gasteiger partial charge in [-0.15, -0.1) is 0 Å². The van der Waals surface area contributed by atoms with Gasteiger partial charge in [-0.3, -0.25) is 19.0 Å². The Morgan fingerprint density at radius 3 is 2.73 bits per heavy atom. The molecule has 0 aliphatic carbocycles. The summed E-state index contributed by atoms with van der Waals surface area (Å²) in [5.41, 5.74) is 7.06. The first-order chi connectivity index (χ1) is 12.5. The summed E-state index contributed by atoms with van der Waals surface area (Å²) in [6, 6.07) is 7.19. The number of aryl methyl sites for hydroxylation is 1. The smallest absolute Gasteiger partial charge is 0.271 e. The summed E-state index contributed by atoms with van der Waals surface area (Å²) >= 11 is 3.35. The second-order valence-corrected chi connectivity index (χ2v) is 6.54. The summed E-state index contributed by atoms with van der Waals surface area (Å²) in [6.45, 7) is 2.97. The number of nitrogens with zero attached hydrogens (tertiary/aromatic N) is 4. The summed E-state index contributed by atoms with van der Waals surface area (Å²) < 4.78 is 4.19. The van der Waals surface area contributed by atoms with Gasteiger partial charge in [-0.25, -0.2) is 0 Å². The minimum Gasteiger partial charge on any atom is -0.364 e. The number of nitrogens with two attached hydrogens (primary N) is 1. The Morgan fingerprint density at radius 2 is 2.08 bits per heavy atom.